The average molecular weight is 414 g/mol. The molecule has 1 aromatic carbocycles. The molecule has 0 unspecified atom stereocenters. The third-order valence-electron chi connectivity index (χ3n) is 2.81. The van der Waals surface area contributed by atoms with E-state index in [0.29, 0.717) is 12.5 Å². The molecule has 0 aromatic heterocycles. The number of hydrogen-bond acceptors (Lipinski definition) is 7. The van der Waals surface area contributed by atoms with Gasteiger partial charge in [0.2, 0.25) is 20.0 Å². The van der Waals surface area contributed by atoms with Crippen LogP contribution in [0.1, 0.15) is 19.8 Å². The Hall–Kier alpha value is -1.73. The molecule has 140 valence electrons. The van der Waals surface area contributed by atoms with Crippen LogP contribution in [0.4, 0.5) is 5.69 Å². The fraction of sp³-hybridized carbons (Fsp3) is 0.333. The number of halogens is 1. The third kappa shape index (κ3) is 5.93. The summed E-state index contributed by atoms with van der Waals surface area (Å²) in [6, 6.07) is 1.39. The molecule has 1 aromatic rings. The number of ether oxygens (including phenoxy) is 1. The molecule has 0 saturated carbocycles. The lowest BCUT2D eigenvalue weighted by Gasteiger charge is -2.12. The van der Waals surface area contributed by atoms with Crippen molar-refractivity contribution in [3.63, 3.8) is 0 Å². The number of sulfonamides is 2. The minimum atomic E-state index is -4.47. The van der Waals surface area contributed by atoms with Crippen LogP contribution in [0.2, 0.25) is 5.02 Å². The summed E-state index contributed by atoms with van der Waals surface area (Å²) in [5.41, 5.74) is -0.489. The van der Waals surface area contributed by atoms with E-state index in [2.05, 4.69) is 4.74 Å². The zero-order chi connectivity index (χ0) is 19.4. The molecule has 10 nitrogen and oxygen atoms in total. The van der Waals surface area contributed by atoms with E-state index in [1.54, 1.807) is 0 Å². The molecule has 0 radical (unpaired) electrons. The van der Waals surface area contributed by atoms with E-state index < -0.39 is 52.4 Å². The van der Waals surface area contributed by atoms with E-state index in [-0.39, 0.29) is 6.61 Å². The molecule has 0 heterocycles. The zero-order valence-corrected chi connectivity index (χ0v) is 15.4. The second-order valence-corrected chi connectivity index (χ2v) is 8.28. The van der Waals surface area contributed by atoms with Crippen molar-refractivity contribution < 1.29 is 31.2 Å². The highest BCUT2D eigenvalue weighted by molar-refractivity contribution is 7.90. The molecule has 0 atom stereocenters. The van der Waals surface area contributed by atoms with Gasteiger partial charge in [0, 0.05) is 0 Å². The van der Waals surface area contributed by atoms with Gasteiger partial charge in [0.25, 0.3) is 0 Å². The summed E-state index contributed by atoms with van der Waals surface area (Å²) in [7, 11) is -8.82. The maximum atomic E-state index is 11.8. The molecular weight excluding hydrogens is 398 g/mol. The number of unbranched alkanes of at least 4 members (excludes halogenated alkanes) is 1. The molecule has 0 aliphatic heterocycles. The number of benzene rings is 1. The molecular formula is C12H16ClN3O7S2. The van der Waals surface area contributed by atoms with Crippen LogP contribution in [0, 0.1) is 0 Å². The molecule has 13 heteroatoms. The summed E-state index contributed by atoms with van der Waals surface area (Å²) in [5.74, 6) is -2.53. The minimum absolute atomic E-state index is 0.00983. The Labute approximate surface area is 149 Å². The van der Waals surface area contributed by atoms with Crippen molar-refractivity contribution in [2.75, 3.05) is 11.9 Å². The van der Waals surface area contributed by atoms with E-state index in [4.69, 9.17) is 21.9 Å². The van der Waals surface area contributed by atoms with E-state index in [1.807, 2.05) is 12.2 Å². The van der Waals surface area contributed by atoms with Crippen molar-refractivity contribution in [2.45, 2.75) is 29.6 Å². The van der Waals surface area contributed by atoms with Gasteiger partial charge < -0.3 is 10.1 Å². The normalized spacial score (nSPS) is 11.8. The average Bonchev–Trinajstić information content (AvgIpc) is 2.44. The summed E-state index contributed by atoms with van der Waals surface area (Å²) in [5, 5.41) is 11.4. The number of carbonyl (C=O) groups is 2. The van der Waals surface area contributed by atoms with Crippen molar-refractivity contribution in [1.29, 1.82) is 0 Å². The Kier molecular flexibility index (Phi) is 6.90. The van der Waals surface area contributed by atoms with Crippen LogP contribution in [0.25, 0.3) is 0 Å². The predicted molar refractivity (Wildman–Crippen MR) is 88.7 cm³/mol. The number of carbonyl (C=O) groups excluding carboxylic acids is 2. The molecule has 0 aliphatic rings. The predicted octanol–water partition coefficient (Wildman–Crippen LogP) is -0.0834. The number of hydrogen-bond donors (Lipinski definition) is 3. The fourth-order valence-corrected chi connectivity index (χ4v) is 3.51. The number of anilines is 1. The molecule has 0 bridgehead atoms. The second kappa shape index (κ2) is 8.10. The summed E-state index contributed by atoms with van der Waals surface area (Å²) < 4.78 is 50.8. The van der Waals surface area contributed by atoms with E-state index in [0.717, 1.165) is 12.5 Å². The Morgan fingerprint density at radius 2 is 1.68 bits per heavy atom. The van der Waals surface area contributed by atoms with Crippen molar-refractivity contribution >= 4 is 49.2 Å². The second-order valence-electron chi connectivity index (χ2n) is 4.81. The Morgan fingerprint density at radius 1 is 1.12 bits per heavy atom. The van der Waals surface area contributed by atoms with E-state index in [9.17, 15) is 26.4 Å². The lowest BCUT2D eigenvalue weighted by molar-refractivity contribution is -0.152. The summed E-state index contributed by atoms with van der Waals surface area (Å²) in [6.07, 6.45) is 1.27. The molecule has 5 N–H and O–H groups in total. The third-order valence-corrected chi connectivity index (χ3v) is 5.14. The van der Waals surface area contributed by atoms with Gasteiger partial charge >= 0.3 is 11.9 Å². The number of esters is 1. The summed E-state index contributed by atoms with van der Waals surface area (Å²) >= 11 is 5.74. The first-order valence-corrected chi connectivity index (χ1v) is 10.2. The van der Waals surface area contributed by atoms with E-state index in [1.165, 1.54) is 0 Å². The van der Waals surface area contributed by atoms with Gasteiger partial charge in [-0.25, -0.2) is 31.9 Å². The maximum Gasteiger partial charge on any atom is 0.397 e. The fourth-order valence-electron chi connectivity index (χ4n) is 1.63. The van der Waals surface area contributed by atoms with Gasteiger partial charge in [0.1, 0.15) is 9.79 Å². The lowest BCUT2D eigenvalue weighted by atomic mass is 10.3. The highest BCUT2D eigenvalue weighted by atomic mass is 35.5. The van der Waals surface area contributed by atoms with E-state index >= 15 is 0 Å². The number of primary sulfonamides is 2. The zero-order valence-electron chi connectivity index (χ0n) is 13.0. The van der Waals surface area contributed by atoms with Gasteiger partial charge in [-0.15, -0.1) is 0 Å². The smallest absolute Gasteiger partial charge is 0.397 e. The summed E-state index contributed by atoms with van der Waals surface area (Å²) in [4.78, 5) is 21.8. The number of nitrogens with one attached hydrogen (secondary N) is 1. The molecule has 0 spiro atoms. The number of amides is 1. The van der Waals surface area contributed by atoms with Crippen LogP contribution in [0.3, 0.4) is 0 Å². The minimum Gasteiger partial charge on any atom is -0.459 e. The monoisotopic (exact) mass is 413 g/mol. The summed E-state index contributed by atoms with van der Waals surface area (Å²) in [6.45, 7) is 1.86. The van der Waals surface area contributed by atoms with Crippen molar-refractivity contribution in [1.82, 2.24) is 0 Å². The van der Waals surface area contributed by atoms with Crippen LogP contribution < -0.4 is 15.6 Å². The SMILES string of the molecule is CCCCOC(=O)C(=O)Nc1cc(Cl)c(S(N)(=O)=O)cc1S(N)(=O)=O. The Bertz CT molecular complexity index is 898. The van der Waals surface area contributed by atoms with Crippen LogP contribution in [0.15, 0.2) is 21.9 Å². The van der Waals surface area contributed by atoms with Gasteiger partial charge in [-0.1, -0.05) is 24.9 Å². The van der Waals surface area contributed by atoms with Crippen LogP contribution in [-0.2, 0) is 34.4 Å². The van der Waals surface area contributed by atoms with Gasteiger partial charge in [0.15, 0.2) is 0 Å². The van der Waals surface area contributed by atoms with Gasteiger partial charge in [-0.05, 0) is 18.6 Å². The maximum absolute atomic E-state index is 11.8. The van der Waals surface area contributed by atoms with Crippen molar-refractivity contribution in [2.24, 2.45) is 10.3 Å². The molecule has 0 aliphatic carbocycles. The number of nitrogens with two attached hydrogens (primary N) is 2. The quantitative estimate of drug-likeness (QED) is 0.331. The first-order chi connectivity index (χ1) is 11.4. The molecule has 25 heavy (non-hydrogen) atoms. The molecule has 0 saturated heterocycles. The standard InChI is InChI=1S/C12H16ClN3O7S2/c1-2-3-4-23-12(18)11(17)16-8-5-7(13)9(24(14,19)20)6-10(8)25(15,21)22/h5-6H,2-4H2,1H3,(H,16,17)(H2,14,19,20)(H2,15,21,22). The first-order valence-electron chi connectivity index (χ1n) is 6.75. The number of rotatable bonds is 6. The van der Waals surface area contributed by atoms with Gasteiger partial charge in [0.05, 0.1) is 17.3 Å². The van der Waals surface area contributed by atoms with Gasteiger partial charge in [-0.2, -0.15) is 0 Å². The highest BCUT2D eigenvalue weighted by Gasteiger charge is 2.25. The largest absolute Gasteiger partial charge is 0.459 e. The van der Waals surface area contributed by atoms with Crippen LogP contribution in [0.5, 0.6) is 0 Å². The molecule has 1 amide bonds. The van der Waals surface area contributed by atoms with Crippen LogP contribution in [-0.4, -0.2) is 35.3 Å². The van der Waals surface area contributed by atoms with Crippen molar-refractivity contribution in [3.05, 3.63) is 17.2 Å². The lowest BCUT2D eigenvalue weighted by Crippen LogP contribution is -2.27. The highest BCUT2D eigenvalue weighted by Crippen LogP contribution is 2.30. The Balaban J connectivity index is 3.25. The topological polar surface area (TPSA) is 176 Å². The first kappa shape index (κ1) is 21.3. The molecule has 0 fully saturated rings. The Morgan fingerprint density at radius 3 is 2.16 bits per heavy atom. The van der Waals surface area contributed by atoms with Crippen molar-refractivity contribution in [3.8, 4) is 0 Å². The molecule has 1 rings (SSSR count). The van der Waals surface area contributed by atoms with Gasteiger partial charge in [-0.3, -0.25) is 4.79 Å². The van der Waals surface area contributed by atoms with Crippen LogP contribution >= 0.6 is 11.6 Å².